The van der Waals surface area contributed by atoms with Gasteiger partial charge in [-0.15, -0.1) is 0 Å². The fourth-order valence-corrected chi connectivity index (χ4v) is 1.55. The molecular formula is C6H9N3O4S. The summed E-state index contributed by atoms with van der Waals surface area (Å²) >= 11 is 0. The van der Waals surface area contributed by atoms with E-state index in [1.165, 1.54) is 12.3 Å². The molecule has 0 radical (unpaired) electrons. The lowest BCUT2D eigenvalue weighted by molar-refractivity contribution is -0.136. The standard InChI is InChI=1S/C6H9N3O4S/c1-4(6(10)11)14(12,13)9-5-2-3-7-8-5/h2-4H,1H3,(H,10,11)(H2,7,8,9). The first kappa shape index (κ1) is 10.5. The number of hydrogen-bond acceptors (Lipinski definition) is 4. The molecule has 1 atom stereocenters. The summed E-state index contributed by atoms with van der Waals surface area (Å²) in [5.74, 6) is -1.27. The molecule has 1 unspecified atom stereocenters. The summed E-state index contributed by atoms with van der Waals surface area (Å²) in [6.07, 6.45) is 1.35. The average Bonchev–Trinajstić information content (AvgIpc) is 2.54. The van der Waals surface area contributed by atoms with Gasteiger partial charge in [0.2, 0.25) is 10.0 Å². The SMILES string of the molecule is CC(C(=O)O)S(=O)(=O)Nc1ccn[nH]1. The van der Waals surface area contributed by atoms with Crippen molar-refractivity contribution in [2.75, 3.05) is 4.72 Å². The number of carboxylic acid groups (broad SMARTS) is 1. The smallest absolute Gasteiger partial charge is 0.323 e. The summed E-state index contributed by atoms with van der Waals surface area (Å²) in [6, 6.07) is 1.38. The lowest BCUT2D eigenvalue weighted by atomic mass is 10.5. The van der Waals surface area contributed by atoms with E-state index in [0.29, 0.717) is 0 Å². The van der Waals surface area contributed by atoms with E-state index >= 15 is 0 Å². The van der Waals surface area contributed by atoms with Crippen LogP contribution in [0.3, 0.4) is 0 Å². The van der Waals surface area contributed by atoms with Crippen molar-refractivity contribution in [2.24, 2.45) is 0 Å². The Morgan fingerprint density at radius 1 is 1.71 bits per heavy atom. The number of sulfonamides is 1. The molecule has 0 spiro atoms. The van der Waals surface area contributed by atoms with Crippen LogP contribution in [0.4, 0.5) is 5.82 Å². The number of aromatic amines is 1. The molecule has 7 nitrogen and oxygen atoms in total. The number of rotatable bonds is 4. The fraction of sp³-hybridized carbons (Fsp3) is 0.333. The van der Waals surface area contributed by atoms with Gasteiger partial charge in [-0.1, -0.05) is 0 Å². The van der Waals surface area contributed by atoms with E-state index in [1.807, 2.05) is 0 Å². The summed E-state index contributed by atoms with van der Waals surface area (Å²) in [7, 11) is -3.90. The molecule has 1 rings (SSSR count). The van der Waals surface area contributed by atoms with Crippen molar-refractivity contribution in [3.63, 3.8) is 0 Å². The minimum Gasteiger partial charge on any atom is -0.480 e. The molecule has 0 aliphatic carbocycles. The van der Waals surface area contributed by atoms with Crippen LogP contribution in [0.25, 0.3) is 0 Å². The van der Waals surface area contributed by atoms with Gasteiger partial charge in [0.05, 0.1) is 6.20 Å². The number of aliphatic carboxylic acids is 1. The van der Waals surface area contributed by atoms with Gasteiger partial charge in [0, 0.05) is 6.07 Å². The Kier molecular flexibility index (Phi) is 2.75. The molecule has 0 saturated carbocycles. The molecule has 1 aromatic heterocycles. The number of aromatic nitrogens is 2. The van der Waals surface area contributed by atoms with Gasteiger partial charge in [-0.05, 0) is 6.92 Å². The van der Waals surface area contributed by atoms with Gasteiger partial charge in [-0.2, -0.15) is 5.10 Å². The van der Waals surface area contributed by atoms with Crippen LogP contribution in [0, 0.1) is 0 Å². The van der Waals surface area contributed by atoms with Crippen molar-refractivity contribution in [2.45, 2.75) is 12.2 Å². The van der Waals surface area contributed by atoms with Crippen molar-refractivity contribution in [3.05, 3.63) is 12.3 Å². The van der Waals surface area contributed by atoms with Crippen molar-refractivity contribution in [1.29, 1.82) is 0 Å². The van der Waals surface area contributed by atoms with Gasteiger partial charge in [-0.25, -0.2) is 8.42 Å². The van der Waals surface area contributed by atoms with Crippen LogP contribution < -0.4 is 4.72 Å². The number of H-pyrrole nitrogens is 1. The maximum Gasteiger partial charge on any atom is 0.323 e. The first-order valence-electron chi connectivity index (χ1n) is 3.67. The molecule has 0 aliphatic heterocycles. The van der Waals surface area contributed by atoms with Crippen LogP contribution in [0.2, 0.25) is 0 Å². The van der Waals surface area contributed by atoms with E-state index in [2.05, 4.69) is 14.9 Å². The van der Waals surface area contributed by atoms with Crippen LogP contribution in [0.1, 0.15) is 6.92 Å². The van der Waals surface area contributed by atoms with E-state index in [4.69, 9.17) is 5.11 Å². The molecule has 0 fully saturated rings. The summed E-state index contributed by atoms with van der Waals surface area (Å²) < 4.78 is 24.7. The third-order valence-corrected chi connectivity index (χ3v) is 3.20. The highest BCUT2D eigenvalue weighted by atomic mass is 32.2. The van der Waals surface area contributed by atoms with Gasteiger partial charge in [0.25, 0.3) is 0 Å². The quantitative estimate of drug-likeness (QED) is 0.639. The van der Waals surface area contributed by atoms with Gasteiger partial charge in [0.1, 0.15) is 5.82 Å². The minimum atomic E-state index is -3.90. The average molecular weight is 219 g/mol. The van der Waals surface area contributed by atoms with Gasteiger partial charge in [0.15, 0.2) is 5.25 Å². The molecule has 0 bridgehead atoms. The molecule has 0 amide bonds. The van der Waals surface area contributed by atoms with Gasteiger partial charge in [-0.3, -0.25) is 14.6 Å². The van der Waals surface area contributed by atoms with Crippen molar-refractivity contribution >= 4 is 21.8 Å². The number of anilines is 1. The minimum absolute atomic E-state index is 0.137. The Bertz CT molecular complexity index is 410. The lowest BCUT2D eigenvalue weighted by Crippen LogP contribution is -2.32. The molecule has 0 saturated heterocycles. The van der Waals surface area contributed by atoms with Crippen LogP contribution in [-0.2, 0) is 14.8 Å². The highest BCUT2D eigenvalue weighted by Gasteiger charge is 2.27. The second-order valence-corrected chi connectivity index (χ2v) is 4.60. The highest BCUT2D eigenvalue weighted by Crippen LogP contribution is 2.07. The third-order valence-electron chi connectivity index (χ3n) is 1.57. The fourth-order valence-electron chi connectivity index (χ4n) is 0.687. The topological polar surface area (TPSA) is 112 Å². The summed E-state index contributed by atoms with van der Waals surface area (Å²) in [5, 5.41) is 12.9. The lowest BCUT2D eigenvalue weighted by Gasteiger charge is -2.08. The van der Waals surface area contributed by atoms with E-state index in [0.717, 1.165) is 6.92 Å². The first-order chi connectivity index (χ1) is 6.43. The zero-order valence-electron chi connectivity index (χ0n) is 7.26. The van der Waals surface area contributed by atoms with Crippen LogP contribution in [0.15, 0.2) is 12.3 Å². The van der Waals surface area contributed by atoms with Crippen molar-refractivity contribution < 1.29 is 18.3 Å². The molecule has 1 aromatic rings. The largest absolute Gasteiger partial charge is 0.480 e. The second kappa shape index (κ2) is 3.66. The van der Waals surface area contributed by atoms with Crippen molar-refractivity contribution in [3.8, 4) is 0 Å². The Morgan fingerprint density at radius 2 is 2.36 bits per heavy atom. The summed E-state index contributed by atoms with van der Waals surface area (Å²) in [5.41, 5.74) is 0. The Labute approximate surface area is 80.2 Å². The van der Waals surface area contributed by atoms with E-state index in [9.17, 15) is 13.2 Å². The number of hydrogen-bond donors (Lipinski definition) is 3. The Hall–Kier alpha value is -1.57. The molecule has 0 aliphatic rings. The predicted molar refractivity (Wildman–Crippen MR) is 48.2 cm³/mol. The van der Waals surface area contributed by atoms with E-state index < -0.39 is 21.2 Å². The first-order valence-corrected chi connectivity index (χ1v) is 5.22. The van der Waals surface area contributed by atoms with Crippen LogP contribution in [-0.4, -0.2) is 34.9 Å². The van der Waals surface area contributed by atoms with Gasteiger partial charge >= 0.3 is 5.97 Å². The third kappa shape index (κ3) is 2.22. The van der Waals surface area contributed by atoms with Gasteiger partial charge < -0.3 is 5.11 Å². The molecule has 8 heteroatoms. The zero-order valence-corrected chi connectivity index (χ0v) is 8.08. The van der Waals surface area contributed by atoms with E-state index in [-0.39, 0.29) is 5.82 Å². The molecule has 0 aromatic carbocycles. The number of carboxylic acids is 1. The van der Waals surface area contributed by atoms with E-state index in [1.54, 1.807) is 0 Å². The molecule has 78 valence electrons. The Balaban J connectivity index is 2.83. The summed E-state index contributed by atoms with van der Waals surface area (Å²) in [4.78, 5) is 10.4. The molecular weight excluding hydrogens is 210 g/mol. The van der Waals surface area contributed by atoms with Crippen LogP contribution in [0.5, 0.6) is 0 Å². The number of nitrogens with zero attached hydrogens (tertiary/aromatic N) is 1. The molecule has 14 heavy (non-hydrogen) atoms. The van der Waals surface area contributed by atoms with Crippen molar-refractivity contribution in [1.82, 2.24) is 10.2 Å². The maximum absolute atomic E-state index is 11.3. The zero-order chi connectivity index (χ0) is 10.8. The maximum atomic E-state index is 11.3. The highest BCUT2D eigenvalue weighted by molar-refractivity contribution is 7.94. The Morgan fingerprint density at radius 3 is 2.79 bits per heavy atom. The molecule has 1 heterocycles. The predicted octanol–water partition coefficient (Wildman–Crippen LogP) is -0.376. The normalized spacial score (nSPS) is 13.5. The number of nitrogens with one attached hydrogen (secondary N) is 2. The number of carbonyl (C=O) groups is 1. The molecule has 3 N–H and O–H groups in total. The monoisotopic (exact) mass is 219 g/mol. The summed E-state index contributed by atoms with van der Waals surface area (Å²) in [6.45, 7) is 1.08. The van der Waals surface area contributed by atoms with Crippen LogP contribution >= 0.6 is 0 Å². The second-order valence-electron chi connectivity index (χ2n) is 2.60.